The van der Waals surface area contributed by atoms with Gasteiger partial charge in [-0.15, -0.1) is 0 Å². The van der Waals surface area contributed by atoms with Crippen molar-refractivity contribution in [3.63, 3.8) is 0 Å². The molecule has 0 aromatic heterocycles. The van der Waals surface area contributed by atoms with Crippen LogP contribution in [0.5, 0.6) is 0 Å². The largest absolute Gasteiger partial charge is 0.390 e. The lowest BCUT2D eigenvalue weighted by Gasteiger charge is -2.50. The first-order valence-corrected chi connectivity index (χ1v) is 8.50. The first-order chi connectivity index (χ1) is 11.2. The molecule has 0 spiro atoms. The summed E-state index contributed by atoms with van der Waals surface area (Å²) in [4.78, 5) is 16.7. The zero-order chi connectivity index (χ0) is 16.2. The van der Waals surface area contributed by atoms with Gasteiger partial charge in [0.05, 0.1) is 18.2 Å². The van der Waals surface area contributed by atoms with Crippen LogP contribution < -0.4 is 0 Å². The SMILES string of the molecule is [N-]=[N+]=NC1C(=O)N(C2CCCCO2)C1CC(O)C1CCCCO1. The van der Waals surface area contributed by atoms with E-state index < -0.39 is 12.1 Å². The van der Waals surface area contributed by atoms with Crippen LogP contribution in [0.2, 0.25) is 0 Å². The Labute approximate surface area is 135 Å². The summed E-state index contributed by atoms with van der Waals surface area (Å²) in [5.74, 6) is -0.198. The third-order valence-corrected chi connectivity index (χ3v) is 5.00. The minimum absolute atomic E-state index is 0.194. The van der Waals surface area contributed by atoms with Crippen molar-refractivity contribution in [3.05, 3.63) is 10.4 Å². The van der Waals surface area contributed by atoms with Gasteiger partial charge in [0.1, 0.15) is 12.3 Å². The maximum atomic E-state index is 12.3. The predicted molar refractivity (Wildman–Crippen MR) is 81.4 cm³/mol. The molecule has 3 aliphatic heterocycles. The molecule has 3 rings (SSSR count). The molecule has 1 N–H and O–H groups in total. The van der Waals surface area contributed by atoms with E-state index in [1.54, 1.807) is 4.90 Å². The molecule has 0 aromatic rings. The lowest BCUT2D eigenvalue weighted by atomic mass is 9.87. The van der Waals surface area contributed by atoms with Gasteiger partial charge in [0.2, 0.25) is 5.91 Å². The lowest BCUT2D eigenvalue weighted by Crippen LogP contribution is -2.68. The fourth-order valence-electron chi connectivity index (χ4n) is 3.74. The highest BCUT2D eigenvalue weighted by Gasteiger charge is 2.51. The quantitative estimate of drug-likeness (QED) is 0.359. The number of carbonyl (C=O) groups is 1. The molecular formula is C15H24N4O4. The Morgan fingerprint density at radius 2 is 2.00 bits per heavy atom. The molecule has 3 aliphatic rings. The van der Waals surface area contributed by atoms with E-state index in [0.717, 1.165) is 38.5 Å². The monoisotopic (exact) mass is 324 g/mol. The second-order valence-corrected chi connectivity index (χ2v) is 6.49. The van der Waals surface area contributed by atoms with Gasteiger partial charge in [-0.1, -0.05) is 5.11 Å². The Balaban J connectivity index is 1.66. The molecule has 3 saturated heterocycles. The Morgan fingerprint density at radius 1 is 1.26 bits per heavy atom. The number of hydrogen-bond donors (Lipinski definition) is 1. The summed E-state index contributed by atoms with van der Waals surface area (Å²) in [6.07, 6.45) is 4.95. The number of aliphatic hydroxyl groups is 1. The Kier molecular flexibility index (Phi) is 5.38. The first kappa shape index (κ1) is 16.5. The summed E-state index contributed by atoms with van der Waals surface area (Å²) in [6, 6.07) is -1.04. The fourth-order valence-corrected chi connectivity index (χ4v) is 3.74. The molecule has 128 valence electrons. The minimum atomic E-state index is -0.733. The number of ether oxygens (including phenoxy) is 2. The van der Waals surface area contributed by atoms with Gasteiger partial charge in [-0.2, -0.15) is 0 Å². The highest BCUT2D eigenvalue weighted by Crippen LogP contribution is 2.34. The lowest BCUT2D eigenvalue weighted by molar-refractivity contribution is -0.184. The van der Waals surface area contributed by atoms with Crippen molar-refractivity contribution in [1.82, 2.24) is 4.90 Å². The van der Waals surface area contributed by atoms with Gasteiger partial charge in [-0.25, -0.2) is 0 Å². The summed E-state index contributed by atoms with van der Waals surface area (Å²) in [7, 11) is 0. The first-order valence-electron chi connectivity index (χ1n) is 8.50. The molecular weight excluding hydrogens is 300 g/mol. The standard InChI is InChI=1S/C15H24N4O4/c16-18-17-14-10(9-11(20)12-5-1-3-7-22-12)19(15(14)21)13-6-2-4-8-23-13/h10-14,20H,1-9H2. The van der Waals surface area contributed by atoms with Crippen LogP contribution >= 0.6 is 0 Å². The average Bonchev–Trinajstić information content (AvgIpc) is 2.61. The molecule has 8 heteroatoms. The van der Waals surface area contributed by atoms with Gasteiger partial charge >= 0.3 is 0 Å². The van der Waals surface area contributed by atoms with E-state index in [9.17, 15) is 9.90 Å². The summed E-state index contributed by atoms with van der Waals surface area (Å²) in [5.41, 5.74) is 8.69. The van der Waals surface area contributed by atoms with E-state index in [2.05, 4.69) is 10.0 Å². The number of rotatable bonds is 5. The molecule has 0 aromatic carbocycles. The van der Waals surface area contributed by atoms with Crippen LogP contribution in [0.15, 0.2) is 5.11 Å². The van der Waals surface area contributed by atoms with Crippen LogP contribution in [0, 0.1) is 0 Å². The second-order valence-electron chi connectivity index (χ2n) is 6.49. The number of nitrogens with zero attached hydrogens (tertiary/aromatic N) is 4. The number of carbonyl (C=O) groups excluding carboxylic acids is 1. The number of amides is 1. The zero-order valence-electron chi connectivity index (χ0n) is 13.2. The van der Waals surface area contributed by atoms with Crippen LogP contribution in [-0.2, 0) is 14.3 Å². The molecule has 3 fully saturated rings. The molecule has 5 unspecified atom stereocenters. The van der Waals surface area contributed by atoms with Crippen molar-refractivity contribution < 1.29 is 19.4 Å². The molecule has 0 bridgehead atoms. The fraction of sp³-hybridized carbons (Fsp3) is 0.933. The average molecular weight is 324 g/mol. The number of hydrogen-bond acceptors (Lipinski definition) is 5. The van der Waals surface area contributed by atoms with E-state index in [-0.39, 0.29) is 24.3 Å². The topological polar surface area (TPSA) is 108 Å². The van der Waals surface area contributed by atoms with Gasteiger partial charge in [0.15, 0.2) is 0 Å². The van der Waals surface area contributed by atoms with Crippen LogP contribution in [0.25, 0.3) is 10.4 Å². The third-order valence-electron chi connectivity index (χ3n) is 5.00. The summed E-state index contributed by atoms with van der Waals surface area (Å²) in [5, 5.41) is 14.1. The van der Waals surface area contributed by atoms with Gasteiger partial charge < -0.3 is 19.5 Å². The smallest absolute Gasteiger partial charge is 0.236 e. The number of azide groups is 1. The van der Waals surface area contributed by atoms with Crippen molar-refractivity contribution in [2.24, 2.45) is 5.11 Å². The van der Waals surface area contributed by atoms with Crippen molar-refractivity contribution in [1.29, 1.82) is 0 Å². The normalized spacial score (nSPS) is 36.0. The molecule has 1 amide bonds. The molecule has 5 atom stereocenters. The molecule has 0 aliphatic carbocycles. The summed E-state index contributed by atoms with van der Waals surface area (Å²) >= 11 is 0. The highest BCUT2D eigenvalue weighted by atomic mass is 16.5. The predicted octanol–water partition coefficient (Wildman–Crippen LogP) is 1.72. The Morgan fingerprint density at radius 3 is 2.61 bits per heavy atom. The molecule has 8 nitrogen and oxygen atoms in total. The van der Waals surface area contributed by atoms with Crippen molar-refractivity contribution in [2.75, 3.05) is 13.2 Å². The van der Waals surface area contributed by atoms with Gasteiger partial charge in [-0.05, 0) is 50.5 Å². The molecule has 0 radical (unpaired) electrons. The number of β-lactam (4-membered cyclic amide) rings is 1. The van der Waals surface area contributed by atoms with Crippen molar-refractivity contribution in [3.8, 4) is 0 Å². The number of likely N-dealkylation sites (tertiary alicyclic amines) is 1. The van der Waals surface area contributed by atoms with Gasteiger partial charge in [0, 0.05) is 18.1 Å². The molecule has 23 heavy (non-hydrogen) atoms. The van der Waals surface area contributed by atoms with Crippen molar-refractivity contribution >= 4 is 5.91 Å². The summed E-state index contributed by atoms with van der Waals surface area (Å²) in [6.45, 7) is 1.31. The maximum absolute atomic E-state index is 12.3. The molecule has 3 heterocycles. The Hall–Kier alpha value is -1.34. The minimum Gasteiger partial charge on any atom is -0.390 e. The van der Waals surface area contributed by atoms with E-state index in [1.165, 1.54) is 0 Å². The van der Waals surface area contributed by atoms with E-state index >= 15 is 0 Å². The van der Waals surface area contributed by atoms with Crippen LogP contribution in [0.1, 0.15) is 44.9 Å². The zero-order valence-corrected chi connectivity index (χ0v) is 13.2. The Bertz CT molecular complexity index is 470. The van der Waals surface area contributed by atoms with E-state index in [1.807, 2.05) is 0 Å². The van der Waals surface area contributed by atoms with Crippen molar-refractivity contribution in [2.45, 2.75) is 75.5 Å². The van der Waals surface area contributed by atoms with Crippen LogP contribution in [0.3, 0.4) is 0 Å². The van der Waals surface area contributed by atoms with Crippen LogP contribution in [0.4, 0.5) is 0 Å². The van der Waals surface area contributed by atoms with Crippen LogP contribution in [-0.4, -0.2) is 59.6 Å². The number of aliphatic hydroxyl groups excluding tert-OH is 1. The molecule has 0 saturated carbocycles. The van der Waals surface area contributed by atoms with Gasteiger partial charge in [-0.3, -0.25) is 4.79 Å². The van der Waals surface area contributed by atoms with E-state index in [0.29, 0.717) is 19.6 Å². The summed E-state index contributed by atoms with van der Waals surface area (Å²) < 4.78 is 11.3. The van der Waals surface area contributed by atoms with E-state index in [4.69, 9.17) is 15.0 Å². The van der Waals surface area contributed by atoms with Gasteiger partial charge in [0.25, 0.3) is 0 Å². The highest BCUT2D eigenvalue weighted by molar-refractivity contribution is 5.89. The second kappa shape index (κ2) is 7.49. The maximum Gasteiger partial charge on any atom is 0.236 e. The third kappa shape index (κ3) is 3.45.